The van der Waals surface area contributed by atoms with E-state index in [1.807, 2.05) is 66.7 Å². The third kappa shape index (κ3) is 3.08. The Bertz CT molecular complexity index is 1020. The Hall–Kier alpha value is -2.79. The number of benzene rings is 3. The van der Waals surface area contributed by atoms with Gasteiger partial charge in [0.15, 0.2) is 0 Å². The van der Waals surface area contributed by atoms with E-state index in [2.05, 4.69) is 5.32 Å². The van der Waals surface area contributed by atoms with Crippen molar-refractivity contribution in [2.45, 2.75) is 11.8 Å². The zero-order valence-corrected chi connectivity index (χ0v) is 15.7. The van der Waals surface area contributed by atoms with Crippen molar-refractivity contribution < 1.29 is 14.3 Å². The van der Waals surface area contributed by atoms with E-state index in [1.165, 1.54) is 11.8 Å². The molecule has 4 nitrogen and oxygen atoms in total. The van der Waals surface area contributed by atoms with Crippen LogP contribution in [0.25, 0.3) is 10.8 Å². The molecule has 5 heteroatoms. The summed E-state index contributed by atoms with van der Waals surface area (Å²) in [5.74, 6) is -0.271. The minimum Gasteiger partial charge on any atom is -0.465 e. The van der Waals surface area contributed by atoms with E-state index in [4.69, 9.17) is 4.74 Å². The van der Waals surface area contributed by atoms with Crippen molar-refractivity contribution in [2.24, 2.45) is 0 Å². The zero-order valence-electron chi connectivity index (χ0n) is 14.9. The highest BCUT2D eigenvalue weighted by atomic mass is 32.2. The number of esters is 1. The molecule has 0 aromatic heterocycles. The average Bonchev–Trinajstić information content (AvgIpc) is 2.98. The third-order valence-corrected chi connectivity index (χ3v) is 6.06. The Morgan fingerprint density at radius 3 is 2.41 bits per heavy atom. The number of ether oxygens (including phenoxy) is 1. The van der Waals surface area contributed by atoms with E-state index < -0.39 is 4.87 Å². The number of fused-ring (bicyclic) bond motifs is 2. The molecule has 1 heterocycles. The molecule has 136 valence electrons. The molecular weight excluding hydrogens is 358 g/mol. The van der Waals surface area contributed by atoms with Crippen molar-refractivity contribution in [1.82, 2.24) is 5.32 Å². The molecule has 0 radical (unpaired) electrons. The summed E-state index contributed by atoms with van der Waals surface area (Å²) in [6.07, 6.45) is 0. The number of rotatable bonds is 5. The second-order valence-corrected chi connectivity index (χ2v) is 7.53. The first-order valence-electron chi connectivity index (χ1n) is 8.85. The van der Waals surface area contributed by atoms with Gasteiger partial charge >= 0.3 is 5.97 Å². The number of amides is 1. The van der Waals surface area contributed by atoms with Crippen molar-refractivity contribution in [3.05, 3.63) is 83.4 Å². The van der Waals surface area contributed by atoms with Crippen LogP contribution >= 0.6 is 11.8 Å². The minimum atomic E-state index is -0.815. The molecule has 1 N–H and O–H groups in total. The molecule has 0 unspecified atom stereocenters. The molecule has 4 rings (SSSR count). The standard InChI is InChI=1S/C22H19NO3S/c1-2-26-20(24)14-27-22(17-10-4-3-5-11-17)19-13-16-9-7-6-8-15(16)12-18(19)21(25)23-22/h3-13H,2,14H2,1H3,(H,23,25)/t22-/m0/s1. The Labute approximate surface area is 161 Å². The molecule has 1 amide bonds. The summed E-state index contributed by atoms with van der Waals surface area (Å²) in [6, 6.07) is 21.7. The Morgan fingerprint density at radius 2 is 1.70 bits per heavy atom. The average molecular weight is 377 g/mol. The second-order valence-electron chi connectivity index (χ2n) is 6.34. The van der Waals surface area contributed by atoms with Crippen molar-refractivity contribution in [3.8, 4) is 0 Å². The van der Waals surface area contributed by atoms with E-state index >= 15 is 0 Å². The minimum absolute atomic E-state index is 0.129. The summed E-state index contributed by atoms with van der Waals surface area (Å²) in [6.45, 7) is 2.12. The highest BCUT2D eigenvalue weighted by molar-refractivity contribution is 8.01. The first-order valence-corrected chi connectivity index (χ1v) is 9.83. The summed E-state index contributed by atoms with van der Waals surface area (Å²) in [7, 11) is 0. The number of carbonyl (C=O) groups is 2. The Morgan fingerprint density at radius 1 is 1.04 bits per heavy atom. The van der Waals surface area contributed by atoms with Gasteiger partial charge in [0.25, 0.3) is 5.91 Å². The van der Waals surface area contributed by atoms with E-state index in [0.717, 1.165) is 21.9 Å². The second kappa shape index (κ2) is 7.08. The fourth-order valence-corrected chi connectivity index (χ4v) is 4.69. The molecule has 0 saturated heterocycles. The molecule has 0 aliphatic carbocycles. The fraction of sp³-hybridized carbons (Fsp3) is 0.182. The van der Waals surface area contributed by atoms with Gasteiger partial charge in [-0.3, -0.25) is 9.59 Å². The van der Waals surface area contributed by atoms with Gasteiger partial charge in [-0.25, -0.2) is 0 Å². The van der Waals surface area contributed by atoms with Gasteiger partial charge in [0, 0.05) is 11.1 Å². The number of nitrogens with one attached hydrogen (secondary N) is 1. The molecule has 1 aliphatic rings. The third-order valence-electron chi connectivity index (χ3n) is 4.69. The fourth-order valence-electron chi connectivity index (χ4n) is 3.48. The molecular formula is C22H19NO3S. The molecule has 3 aromatic rings. The first kappa shape index (κ1) is 17.6. The summed E-state index contributed by atoms with van der Waals surface area (Å²) < 4.78 is 5.10. The Kier molecular flexibility index (Phi) is 4.62. The number of hydrogen-bond donors (Lipinski definition) is 1. The molecule has 0 saturated carbocycles. The molecule has 1 atom stereocenters. The van der Waals surface area contributed by atoms with Crippen LogP contribution in [0.4, 0.5) is 0 Å². The van der Waals surface area contributed by atoms with Gasteiger partial charge in [-0.05, 0) is 35.4 Å². The quantitative estimate of drug-likeness (QED) is 0.681. The summed E-state index contributed by atoms with van der Waals surface area (Å²) in [4.78, 5) is 24.0. The lowest BCUT2D eigenvalue weighted by atomic mass is 9.94. The molecule has 27 heavy (non-hydrogen) atoms. The van der Waals surface area contributed by atoms with Crippen LogP contribution in [-0.2, 0) is 14.4 Å². The molecule has 3 aromatic carbocycles. The van der Waals surface area contributed by atoms with Crippen molar-refractivity contribution in [3.63, 3.8) is 0 Å². The lowest BCUT2D eigenvalue weighted by molar-refractivity contribution is -0.139. The van der Waals surface area contributed by atoms with E-state index in [-0.39, 0.29) is 17.6 Å². The van der Waals surface area contributed by atoms with Crippen molar-refractivity contribution in [2.75, 3.05) is 12.4 Å². The largest absolute Gasteiger partial charge is 0.465 e. The maximum Gasteiger partial charge on any atom is 0.315 e. The topological polar surface area (TPSA) is 55.4 Å². The first-order chi connectivity index (χ1) is 13.1. The van der Waals surface area contributed by atoms with Crippen LogP contribution in [0.1, 0.15) is 28.4 Å². The van der Waals surface area contributed by atoms with Gasteiger partial charge in [-0.1, -0.05) is 54.6 Å². The van der Waals surface area contributed by atoms with Gasteiger partial charge in [-0.2, -0.15) is 0 Å². The molecule has 1 aliphatic heterocycles. The predicted molar refractivity (Wildman–Crippen MR) is 108 cm³/mol. The smallest absolute Gasteiger partial charge is 0.315 e. The summed E-state index contributed by atoms with van der Waals surface area (Å²) in [5, 5.41) is 5.22. The Balaban J connectivity index is 1.86. The van der Waals surface area contributed by atoms with Crippen LogP contribution in [0.2, 0.25) is 0 Å². The van der Waals surface area contributed by atoms with Gasteiger partial charge in [0.2, 0.25) is 0 Å². The number of carbonyl (C=O) groups excluding carboxylic acids is 2. The van der Waals surface area contributed by atoms with Crippen LogP contribution in [-0.4, -0.2) is 24.2 Å². The molecule has 0 bridgehead atoms. The monoisotopic (exact) mass is 377 g/mol. The van der Waals surface area contributed by atoms with Crippen LogP contribution in [0.15, 0.2) is 66.7 Å². The molecule has 0 spiro atoms. The maximum atomic E-state index is 12.8. The van der Waals surface area contributed by atoms with Crippen molar-refractivity contribution in [1.29, 1.82) is 0 Å². The van der Waals surface area contributed by atoms with Gasteiger partial charge in [0.1, 0.15) is 4.87 Å². The summed E-state index contributed by atoms with van der Waals surface area (Å²) in [5.41, 5.74) is 2.46. The van der Waals surface area contributed by atoms with Gasteiger partial charge in [-0.15, -0.1) is 11.8 Å². The number of hydrogen-bond acceptors (Lipinski definition) is 4. The van der Waals surface area contributed by atoms with E-state index in [9.17, 15) is 9.59 Å². The summed E-state index contributed by atoms with van der Waals surface area (Å²) >= 11 is 1.38. The predicted octanol–water partition coefficient (Wildman–Crippen LogP) is 4.08. The maximum absolute atomic E-state index is 12.8. The van der Waals surface area contributed by atoms with Crippen LogP contribution < -0.4 is 5.32 Å². The van der Waals surface area contributed by atoms with E-state index in [0.29, 0.717) is 12.2 Å². The van der Waals surface area contributed by atoms with Gasteiger partial charge in [0.05, 0.1) is 12.4 Å². The molecule has 0 fully saturated rings. The highest BCUT2D eigenvalue weighted by Crippen LogP contribution is 2.46. The highest BCUT2D eigenvalue weighted by Gasteiger charge is 2.45. The van der Waals surface area contributed by atoms with Crippen LogP contribution in [0.5, 0.6) is 0 Å². The number of thioether (sulfide) groups is 1. The SMILES string of the molecule is CCOC(=O)CS[C@]1(c2ccccc2)NC(=O)c2cc3ccccc3cc21. The van der Waals surface area contributed by atoms with Crippen LogP contribution in [0.3, 0.4) is 0 Å². The lowest BCUT2D eigenvalue weighted by Gasteiger charge is -2.30. The van der Waals surface area contributed by atoms with Crippen LogP contribution in [0, 0.1) is 0 Å². The lowest BCUT2D eigenvalue weighted by Crippen LogP contribution is -2.38. The zero-order chi connectivity index (χ0) is 18.9. The van der Waals surface area contributed by atoms with Gasteiger partial charge < -0.3 is 10.1 Å². The van der Waals surface area contributed by atoms with Crippen molar-refractivity contribution >= 4 is 34.4 Å². The normalized spacial score (nSPS) is 18.2. The van der Waals surface area contributed by atoms with E-state index in [1.54, 1.807) is 6.92 Å².